The number of amides is 2. The second kappa shape index (κ2) is 21.1. The highest BCUT2D eigenvalue weighted by Gasteiger charge is 2.24. The molecule has 2 unspecified atom stereocenters. The fourth-order valence-electron chi connectivity index (χ4n) is 8.35. The van der Waals surface area contributed by atoms with Crippen LogP contribution in [-0.4, -0.2) is 55.8 Å². The molecule has 20 heteroatoms. The Labute approximate surface area is 442 Å². The van der Waals surface area contributed by atoms with Crippen LogP contribution in [0.3, 0.4) is 0 Å². The Bertz CT molecular complexity index is 4080. The number of H-pyrrole nitrogens is 2. The second-order valence-corrected chi connectivity index (χ2v) is 20.2. The molecular weight excluding hydrogens is 1030 g/mol. The molecule has 7 heterocycles. The van der Waals surface area contributed by atoms with Gasteiger partial charge in [-0.1, -0.05) is 77.8 Å². The highest BCUT2D eigenvalue weighted by atomic mass is 35.5. The molecule has 0 fully saturated rings. The predicted octanol–water partition coefficient (Wildman–Crippen LogP) is 9.52. The molecule has 16 nitrogen and oxygen atoms in total. The third kappa shape index (κ3) is 10.8. The van der Waals surface area contributed by atoms with E-state index in [9.17, 15) is 28.3 Å². The van der Waals surface area contributed by atoms with Crippen LogP contribution in [0.2, 0.25) is 10.3 Å². The average Bonchev–Trinajstić information content (AvgIpc) is 3.40. The number of halogens is 2. The number of aromatic nitrogens is 7. The van der Waals surface area contributed by atoms with Gasteiger partial charge in [0.25, 0.3) is 5.91 Å². The second-order valence-electron chi connectivity index (χ2n) is 17.0. The molecule has 0 aliphatic rings. The average molecular weight is 1070 g/mol. The number of carbonyl (C=O) groups excluding carboxylic acids is 2. The van der Waals surface area contributed by atoms with Crippen LogP contribution in [0.5, 0.6) is 0 Å². The summed E-state index contributed by atoms with van der Waals surface area (Å²) >= 11 is 9.45. The number of fused-ring (bicyclic) bond motifs is 2. The molecule has 0 bridgehead atoms. The topological polar surface area (TPSA) is 258 Å². The Hall–Kier alpha value is -8.54. The van der Waals surface area contributed by atoms with E-state index in [0.717, 1.165) is 11.8 Å². The minimum atomic E-state index is -2.00. The van der Waals surface area contributed by atoms with Crippen molar-refractivity contribution in [2.24, 2.45) is 0 Å². The summed E-state index contributed by atoms with van der Waals surface area (Å²) in [5.41, 5.74) is 6.23. The summed E-state index contributed by atoms with van der Waals surface area (Å²) < 4.78 is 30.9. The van der Waals surface area contributed by atoms with Crippen molar-refractivity contribution >= 4 is 79.8 Å². The standard InChI is InChI=1S/C55H36Cl2N10O6S2/c1-29-8-6-13-37(60-29)28-74(72)66-54(70)43-27-59-52-42(51(43)69)24-40(35-18-30(2)61-47(56)21-35)50(64-52)34-12-7-11-33(19-34)44-20-36(22-48(57)62-44)39-23-41-46(68)25-45(63-53(41)65-49(39)32-9-4-3-5-10-32)55(71)67-75(73)38-16-14-31(26-58)15-17-38/h3-25,27H,28H2,1-2H3,(H,66,70)(H,67,71)(H,59,64,69)(H,63,65,68). The third-order valence-electron chi connectivity index (χ3n) is 11.8. The monoisotopic (exact) mass is 1070 g/mol. The van der Waals surface area contributed by atoms with Crippen LogP contribution in [0.25, 0.3) is 78.1 Å². The molecule has 2 atom stereocenters. The van der Waals surface area contributed by atoms with E-state index in [1.807, 2.05) is 66.7 Å². The van der Waals surface area contributed by atoms with Gasteiger partial charge in [0.15, 0.2) is 16.1 Å². The first-order chi connectivity index (χ1) is 36.2. The molecule has 75 heavy (non-hydrogen) atoms. The van der Waals surface area contributed by atoms with Gasteiger partial charge in [0.05, 0.1) is 56.5 Å². The van der Waals surface area contributed by atoms with Crippen LogP contribution in [0.1, 0.15) is 43.5 Å². The van der Waals surface area contributed by atoms with Gasteiger partial charge in [-0.2, -0.15) is 14.7 Å². The Kier molecular flexibility index (Phi) is 14.1. The molecule has 0 spiro atoms. The molecule has 0 saturated carbocycles. The van der Waals surface area contributed by atoms with E-state index in [1.54, 1.807) is 62.4 Å². The molecule has 0 saturated heterocycles. The highest BCUT2D eigenvalue weighted by Crippen LogP contribution is 2.38. The van der Waals surface area contributed by atoms with Crippen molar-refractivity contribution in [3.8, 4) is 62.1 Å². The highest BCUT2D eigenvalue weighted by molar-refractivity contribution is 7.90. The van der Waals surface area contributed by atoms with Gasteiger partial charge < -0.3 is 19.1 Å². The first kappa shape index (κ1) is 50.0. The first-order valence-electron chi connectivity index (χ1n) is 22.7. The molecule has 10 rings (SSSR count). The number of aromatic amines is 2. The van der Waals surface area contributed by atoms with E-state index in [2.05, 4.69) is 29.4 Å². The van der Waals surface area contributed by atoms with Crippen LogP contribution in [-0.2, 0) is 28.5 Å². The number of rotatable bonds is 12. The van der Waals surface area contributed by atoms with E-state index in [-0.39, 0.29) is 54.3 Å². The number of aryl methyl sites for hydroxylation is 2. The van der Waals surface area contributed by atoms with Crippen molar-refractivity contribution in [2.45, 2.75) is 24.5 Å². The molecule has 3 aromatic carbocycles. The lowest BCUT2D eigenvalue weighted by Gasteiger charge is -2.15. The largest absolute Gasteiger partial charge is 0.593 e. The van der Waals surface area contributed by atoms with E-state index in [1.165, 1.54) is 30.5 Å². The Balaban J connectivity index is 1.02. The van der Waals surface area contributed by atoms with Gasteiger partial charge in [0.1, 0.15) is 44.2 Å². The number of hydrogen-bond donors (Lipinski definition) is 4. The smallest absolute Gasteiger partial charge is 0.309 e. The van der Waals surface area contributed by atoms with Gasteiger partial charge in [0.2, 0.25) is 5.43 Å². The van der Waals surface area contributed by atoms with Crippen LogP contribution < -0.4 is 20.3 Å². The van der Waals surface area contributed by atoms with Gasteiger partial charge >= 0.3 is 5.91 Å². The number of hydrogen-bond acceptors (Lipinski definition) is 12. The summed E-state index contributed by atoms with van der Waals surface area (Å²) in [6, 6.07) is 41.0. The molecule has 0 aliphatic carbocycles. The molecule has 368 valence electrons. The quantitative estimate of drug-likeness (QED) is 0.0659. The minimum Gasteiger partial charge on any atom is -0.593 e. The number of nitriles is 1. The number of nitrogens with one attached hydrogen (secondary N) is 4. The van der Waals surface area contributed by atoms with Gasteiger partial charge in [0, 0.05) is 51.5 Å². The van der Waals surface area contributed by atoms with Crippen molar-refractivity contribution in [1.82, 2.24) is 44.3 Å². The summed E-state index contributed by atoms with van der Waals surface area (Å²) in [5.74, 6) is -1.71. The number of nitrogens with zero attached hydrogens (tertiary/aromatic N) is 6. The Morgan fingerprint density at radius 3 is 2.04 bits per heavy atom. The maximum atomic E-state index is 14.1. The van der Waals surface area contributed by atoms with E-state index < -0.39 is 45.4 Å². The molecule has 7 aromatic heterocycles. The van der Waals surface area contributed by atoms with E-state index >= 15 is 0 Å². The van der Waals surface area contributed by atoms with Crippen molar-refractivity contribution in [1.29, 1.82) is 5.26 Å². The fraction of sp³-hybridized carbons (Fsp3) is 0.0545. The number of benzene rings is 3. The van der Waals surface area contributed by atoms with E-state index in [4.69, 9.17) is 43.4 Å². The molecule has 4 N–H and O–H groups in total. The summed E-state index contributed by atoms with van der Waals surface area (Å²) in [4.78, 5) is 84.3. The molecule has 0 radical (unpaired) electrons. The van der Waals surface area contributed by atoms with Crippen molar-refractivity contribution < 1.29 is 18.7 Å². The molecular formula is C55H36Cl2N10O6S2. The zero-order valence-electron chi connectivity index (χ0n) is 39.3. The predicted molar refractivity (Wildman–Crippen MR) is 289 cm³/mol. The van der Waals surface area contributed by atoms with E-state index in [0.29, 0.717) is 73.0 Å². The molecule has 10 aromatic rings. The van der Waals surface area contributed by atoms with Crippen LogP contribution >= 0.6 is 23.2 Å². The summed E-state index contributed by atoms with van der Waals surface area (Å²) in [7, 11) is 0. The van der Waals surface area contributed by atoms with Crippen molar-refractivity contribution in [2.75, 3.05) is 0 Å². The minimum absolute atomic E-state index is 0.0575. The van der Waals surface area contributed by atoms with Crippen LogP contribution in [0.15, 0.2) is 160 Å². The van der Waals surface area contributed by atoms with Gasteiger partial charge in [-0.05, 0) is 104 Å². The summed E-state index contributed by atoms with van der Waals surface area (Å²) in [5, 5.41) is 9.70. The number of pyridine rings is 7. The zero-order chi connectivity index (χ0) is 52.5. The normalized spacial score (nSPS) is 12.0. The van der Waals surface area contributed by atoms with Crippen LogP contribution in [0, 0.1) is 25.2 Å². The SMILES string of the molecule is Cc1cc(-c2cc3c(=O)c(C(=O)N[S+]([O-])Cc4cccc(C)n4)c[nH]c3nc2-c2cccc(-c3cc(-c4cc5c(=O)cc(C(=O)N[S+]([O-])c6ccc(C#N)cc6)[nH]c5nc4-c4ccccc4)cc(Cl)n3)c2)cc(Cl)n1. The maximum Gasteiger partial charge on any atom is 0.309 e. The fourth-order valence-corrected chi connectivity index (χ4v) is 10.4. The zero-order valence-corrected chi connectivity index (χ0v) is 42.4. The maximum absolute atomic E-state index is 14.1. The van der Waals surface area contributed by atoms with Gasteiger partial charge in [-0.3, -0.25) is 24.2 Å². The molecule has 0 aliphatic heterocycles. The Morgan fingerprint density at radius 2 is 1.31 bits per heavy atom. The summed E-state index contributed by atoms with van der Waals surface area (Å²) in [6.45, 7) is 3.58. The lowest BCUT2D eigenvalue weighted by Crippen LogP contribution is -2.35. The first-order valence-corrected chi connectivity index (χ1v) is 25.9. The Morgan fingerprint density at radius 1 is 0.640 bits per heavy atom. The lowest BCUT2D eigenvalue weighted by atomic mass is 9.95. The van der Waals surface area contributed by atoms with Crippen molar-refractivity contribution in [3.63, 3.8) is 0 Å². The molecule has 2 amide bonds. The van der Waals surface area contributed by atoms with Crippen LogP contribution in [0.4, 0.5) is 0 Å². The van der Waals surface area contributed by atoms with Gasteiger partial charge in [-0.15, -0.1) is 0 Å². The number of carbonyl (C=O) groups is 2. The van der Waals surface area contributed by atoms with Gasteiger partial charge in [-0.25, -0.2) is 19.9 Å². The third-order valence-corrected chi connectivity index (χ3v) is 14.2. The summed E-state index contributed by atoms with van der Waals surface area (Å²) in [6.07, 6.45) is 1.24. The van der Waals surface area contributed by atoms with Crippen molar-refractivity contribution in [3.05, 3.63) is 210 Å². The lowest BCUT2D eigenvalue weighted by molar-refractivity contribution is 0.0969.